The van der Waals surface area contributed by atoms with Gasteiger partial charge in [0.05, 0.1) is 12.1 Å². The lowest BCUT2D eigenvalue weighted by Gasteiger charge is -2.01. The highest BCUT2D eigenvalue weighted by molar-refractivity contribution is 5.73. The van der Waals surface area contributed by atoms with Crippen LogP contribution in [0.5, 0.6) is 0 Å². The normalized spacial score (nSPS) is 10.4. The molecule has 0 aliphatic rings. The summed E-state index contributed by atoms with van der Waals surface area (Å²) in [6, 6.07) is 7.51. The molecule has 0 unspecified atom stereocenters. The Kier molecular flexibility index (Phi) is 2.51. The van der Waals surface area contributed by atoms with Gasteiger partial charge in [-0.3, -0.25) is 0 Å². The lowest BCUT2D eigenvalue weighted by atomic mass is 10.3. The van der Waals surface area contributed by atoms with Gasteiger partial charge < -0.3 is 10.4 Å². The van der Waals surface area contributed by atoms with E-state index in [4.69, 9.17) is 5.11 Å². The van der Waals surface area contributed by atoms with Gasteiger partial charge in [-0.1, -0.05) is 12.1 Å². The van der Waals surface area contributed by atoms with Gasteiger partial charge in [0.2, 0.25) is 5.95 Å². The zero-order valence-corrected chi connectivity index (χ0v) is 7.51. The molecule has 2 rings (SSSR count). The molecule has 0 atom stereocenters. The topological polar surface area (TPSA) is 70.9 Å². The Labute approximate surface area is 80.8 Å². The lowest BCUT2D eigenvalue weighted by molar-refractivity contribution is 0.310. The standard InChI is InChI=1S/C9H10N4O/c14-6-5-10-9-11-7-3-1-2-4-8(7)12-13-9/h1-4,14H,5-6H2,(H,10,11,13). The molecule has 0 fully saturated rings. The first-order valence-corrected chi connectivity index (χ1v) is 4.34. The van der Waals surface area contributed by atoms with Gasteiger partial charge in [-0.2, -0.15) is 0 Å². The molecule has 5 nitrogen and oxygen atoms in total. The predicted molar refractivity (Wildman–Crippen MR) is 52.9 cm³/mol. The van der Waals surface area contributed by atoms with Crippen LogP contribution in [-0.4, -0.2) is 33.4 Å². The summed E-state index contributed by atoms with van der Waals surface area (Å²) in [6.45, 7) is 0.482. The molecule has 2 N–H and O–H groups in total. The van der Waals surface area contributed by atoms with Crippen molar-refractivity contribution in [2.24, 2.45) is 0 Å². The molecule has 1 aromatic carbocycles. The van der Waals surface area contributed by atoms with Crippen LogP contribution < -0.4 is 5.32 Å². The van der Waals surface area contributed by atoms with E-state index in [1.807, 2.05) is 24.3 Å². The summed E-state index contributed by atoms with van der Waals surface area (Å²) in [5.74, 6) is 0.442. The summed E-state index contributed by atoms with van der Waals surface area (Å²) in [4.78, 5) is 4.22. The average molecular weight is 190 g/mol. The quantitative estimate of drug-likeness (QED) is 0.734. The van der Waals surface area contributed by atoms with Crippen molar-refractivity contribution in [3.63, 3.8) is 0 Å². The number of hydrogen-bond acceptors (Lipinski definition) is 5. The number of nitrogens with one attached hydrogen (secondary N) is 1. The van der Waals surface area contributed by atoms with Crippen molar-refractivity contribution in [1.82, 2.24) is 15.2 Å². The zero-order valence-electron chi connectivity index (χ0n) is 7.51. The maximum atomic E-state index is 8.60. The molecule has 0 amide bonds. The minimum atomic E-state index is 0.0518. The highest BCUT2D eigenvalue weighted by Crippen LogP contribution is 2.08. The molecular formula is C9H10N4O. The maximum absolute atomic E-state index is 8.60. The van der Waals surface area contributed by atoms with Crippen LogP contribution >= 0.6 is 0 Å². The molecule has 0 saturated heterocycles. The van der Waals surface area contributed by atoms with E-state index in [1.165, 1.54) is 0 Å². The minimum Gasteiger partial charge on any atom is -0.395 e. The molecule has 1 aromatic heterocycles. The summed E-state index contributed by atoms with van der Waals surface area (Å²) in [6.07, 6.45) is 0. The highest BCUT2D eigenvalue weighted by Gasteiger charge is 1.98. The summed E-state index contributed by atoms with van der Waals surface area (Å²) in [7, 11) is 0. The fourth-order valence-corrected chi connectivity index (χ4v) is 1.12. The first-order valence-electron chi connectivity index (χ1n) is 4.34. The molecule has 0 saturated carbocycles. The monoisotopic (exact) mass is 190 g/mol. The van der Waals surface area contributed by atoms with Crippen LogP contribution in [0.3, 0.4) is 0 Å². The van der Waals surface area contributed by atoms with Crippen molar-refractivity contribution in [2.75, 3.05) is 18.5 Å². The lowest BCUT2D eigenvalue weighted by Crippen LogP contribution is -2.09. The largest absolute Gasteiger partial charge is 0.395 e. The molecule has 0 spiro atoms. The molecule has 5 heteroatoms. The van der Waals surface area contributed by atoms with Gasteiger partial charge in [0.1, 0.15) is 5.52 Å². The zero-order chi connectivity index (χ0) is 9.80. The molecule has 14 heavy (non-hydrogen) atoms. The summed E-state index contributed by atoms with van der Waals surface area (Å²) < 4.78 is 0. The van der Waals surface area contributed by atoms with E-state index in [0.29, 0.717) is 12.5 Å². The molecule has 0 aliphatic heterocycles. The molecule has 72 valence electrons. The number of aliphatic hydroxyl groups is 1. The summed E-state index contributed by atoms with van der Waals surface area (Å²) in [5.41, 5.74) is 1.56. The van der Waals surface area contributed by atoms with Crippen molar-refractivity contribution >= 4 is 17.0 Å². The SMILES string of the molecule is OCCNc1nnc2ccccc2n1. The first-order chi connectivity index (χ1) is 6.90. The van der Waals surface area contributed by atoms with Gasteiger partial charge in [0.25, 0.3) is 0 Å². The number of para-hydroxylation sites is 1. The minimum absolute atomic E-state index is 0.0518. The van der Waals surface area contributed by atoms with Gasteiger partial charge in [-0.25, -0.2) is 4.98 Å². The number of hydrogen-bond donors (Lipinski definition) is 2. The van der Waals surface area contributed by atoms with Gasteiger partial charge in [-0.15, -0.1) is 10.2 Å². The third-order valence-corrected chi connectivity index (χ3v) is 1.76. The van der Waals surface area contributed by atoms with Crippen LogP contribution in [-0.2, 0) is 0 Å². The van der Waals surface area contributed by atoms with Crippen molar-refractivity contribution < 1.29 is 5.11 Å². The van der Waals surface area contributed by atoms with E-state index in [9.17, 15) is 0 Å². The molecule has 0 radical (unpaired) electrons. The Bertz CT molecular complexity index is 432. The Morgan fingerprint density at radius 1 is 1.14 bits per heavy atom. The van der Waals surface area contributed by atoms with Crippen molar-refractivity contribution in [2.45, 2.75) is 0 Å². The number of benzene rings is 1. The van der Waals surface area contributed by atoms with Crippen LogP contribution in [0.2, 0.25) is 0 Å². The number of fused-ring (bicyclic) bond motifs is 1. The third-order valence-electron chi connectivity index (χ3n) is 1.76. The molecule has 0 bridgehead atoms. The van der Waals surface area contributed by atoms with Crippen LogP contribution in [0.4, 0.5) is 5.95 Å². The van der Waals surface area contributed by atoms with Crippen LogP contribution in [0.15, 0.2) is 24.3 Å². The van der Waals surface area contributed by atoms with Gasteiger partial charge in [0, 0.05) is 6.54 Å². The van der Waals surface area contributed by atoms with Crippen LogP contribution in [0, 0.1) is 0 Å². The van der Waals surface area contributed by atoms with Crippen molar-refractivity contribution in [3.05, 3.63) is 24.3 Å². The fraction of sp³-hybridized carbons (Fsp3) is 0.222. The van der Waals surface area contributed by atoms with Gasteiger partial charge >= 0.3 is 0 Å². The van der Waals surface area contributed by atoms with E-state index in [1.54, 1.807) is 0 Å². The Balaban J connectivity index is 2.32. The second-order valence-electron chi connectivity index (χ2n) is 2.77. The van der Waals surface area contributed by atoms with E-state index in [2.05, 4.69) is 20.5 Å². The first kappa shape index (κ1) is 8.83. The van der Waals surface area contributed by atoms with E-state index in [-0.39, 0.29) is 6.61 Å². The predicted octanol–water partition coefficient (Wildman–Crippen LogP) is 0.429. The number of aromatic nitrogens is 3. The number of nitrogens with zero attached hydrogens (tertiary/aromatic N) is 3. The third kappa shape index (κ3) is 1.77. The smallest absolute Gasteiger partial charge is 0.243 e. The maximum Gasteiger partial charge on any atom is 0.243 e. The van der Waals surface area contributed by atoms with E-state index < -0.39 is 0 Å². The highest BCUT2D eigenvalue weighted by atomic mass is 16.3. The van der Waals surface area contributed by atoms with Crippen molar-refractivity contribution in [1.29, 1.82) is 0 Å². The molecule has 1 heterocycles. The number of aliphatic hydroxyl groups excluding tert-OH is 1. The molecule has 0 aliphatic carbocycles. The Hall–Kier alpha value is -1.75. The summed E-state index contributed by atoms with van der Waals surface area (Å²) >= 11 is 0. The molecule has 2 aromatic rings. The fourth-order valence-electron chi connectivity index (χ4n) is 1.12. The second-order valence-corrected chi connectivity index (χ2v) is 2.77. The number of anilines is 1. The van der Waals surface area contributed by atoms with Crippen molar-refractivity contribution in [3.8, 4) is 0 Å². The second kappa shape index (κ2) is 3.97. The average Bonchev–Trinajstić information content (AvgIpc) is 2.26. The van der Waals surface area contributed by atoms with Crippen LogP contribution in [0.25, 0.3) is 11.0 Å². The van der Waals surface area contributed by atoms with Gasteiger partial charge in [-0.05, 0) is 12.1 Å². The number of rotatable bonds is 3. The Morgan fingerprint density at radius 3 is 2.71 bits per heavy atom. The van der Waals surface area contributed by atoms with E-state index in [0.717, 1.165) is 11.0 Å². The summed E-state index contributed by atoms with van der Waals surface area (Å²) in [5, 5.41) is 19.3. The van der Waals surface area contributed by atoms with E-state index >= 15 is 0 Å². The Morgan fingerprint density at radius 2 is 1.93 bits per heavy atom. The van der Waals surface area contributed by atoms with Crippen LogP contribution in [0.1, 0.15) is 0 Å². The molecular weight excluding hydrogens is 180 g/mol. The van der Waals surface area contributed by atoms with Gasteiger partial charge in [0.15, 0.2) is 0 Å².